The number of rotatable bonds is 6. The van der Waals surface area contributed by atoms with Crippen molar-refractivity contribution >= 4 is 11.6 Å². The van der Waals surface area contributed by atoms with E-state index in [4.69, 9.17) is 0 Å². The summed E-state index contributed by atoms with van der Waals surface area (Å²) in [4.78, 5) is 16.3. The van der Waals surface area contributed by atoms with E-state index in [0.717, 1.165) is 25.2 Å². The Bertz CT molecular complexity index is 456. The number of hydrogen-bond acceptors (Lipinski definition) is 3. The second kappa shape index (κ2) is 5.59. The quantitative estimate of drug-likeness (QED) is 0.827. The molecular weight excluding hydrogens is 238 g/mol. The largest absolute Gasteiger partial charge is 0.383 e. The molecule has 1 unspecified atom stereocenters. The summed E-state index contributed by atoms with van der Waals surface area (Å²) in [6, 6.07) is 1.77. The van der Waals surface area contributed by atoms with Crippen molar-refractivity contribution in [2.45, 2.75) is 33.6 Å². The van der Waals surface area contributed by atoms with Gasteiger partial charge in [0, 0.05) is 19.3 Å². The van der Waals surface area contributed by atoms with Crippen LogP contribution in [0.25, 0.3) is 0 Å². The highest BCUT2D eigenvalue weighted by Crippen LogP contribution is 2.50. The first-order chi connectivity index (χ1) is 9.04. The number of pyridine rings is 1. The lowest BCUT2D eigenvalue weighted by Gasteiger charge is -2.11. The Morgan fingerprint density at radius 3 is 2.89 bits per heavy atom. The van der Waals surface area contributed by atoms with E-state index in [1.165, 1.54) is 6.42 Å². The Morgan fingerprint density at radius 1 is 1.53 bits per heavy atom. The van der Waals surface area contributed by atoms with Crippen molar-refractivity contribution in [1.29, 1.82) is 0 Å². The zero-order valence-electron chi connectivity index (χ0n) is 12.0. The number of aromatic nitrogens is 1. The molecule has 1 saturated carbocycles. The molecule has 4 nitrogen and oxygen atoms in total. The second-order valence-electron chi connectivity index (χ2n) is 5.95. The minimum Gasteiger partial charge on any atom is -0.383 e. The van der Waals surface area contributed by atoms with Crippen LogP contribution in [0.15, 0.2) is 18.5 Å². The summed E-state index contributed by atoms with van der Waals surface area (Å²) in [5.41, 5.74) is 1.90. The summed E-state index contributed by atoms with van der Waals surface area (Å²) in [5.74, 6) is 0.606. The average molecular weight is 261 g/mol. The third kappa shape index (κ3) is 3.46. The molecule has 0 saturated heterocycles. The normalized spacial score (nSPS) is 19.8. The van der Waals surface area contributed by atoms with Crippen LogP contribution < -0.4 is 10.6 Å². The zero-order chi connectivity index (χ0) is 13.9. The van der Waals surface area contributed by atoms with Crippen LogP contribution in [-0.2, 0) is 0 Å². The Balaban J connectivity index is 1.94. The van der Waals surface area contributed by atoms with Gasteiger partial charge in [-0.05, 0) is 30.2 Å². The molecule has 1 atom stereocenters. The zero-order valence-corrected chi connectivity index (χ0v) is 12.0. The number of nitrogens with one attached hydrogen (secondary N) is 2. The van der Waals surface area contributed by atoms with Crippen molar-refractivity contribution in [3.8, 4) is 0 Å². The van der Waals surface area contributed by atoms with Gasteiger partial charge < -0.3 is 10.6 Å². The Hall–Kier alpha value is -1.58. The summed E-state index contributed by atoms with van der Waals surface area (Å²) < 4.78 is 0. The number of anilines is 1. The van der Waals surface area contributed by atoms with Crippen molar-refractivity contribution in [3.05, 3.63) is 24.0 Å². The van der Waals surface area contributed by atoms with Crippen molar-refractivity contribution < 1.29 is 4.79 Å². The van der Waals surface area contributed by atoms with Crippen LogP contribution in [0.4, 0.5) is 5.69 Å². The molecule has 1 aromatic heterocycles. The molecule has 1 aliphatic carbocycles. The fraction of sp³-hybridized carbons (Fsp3) is 0.600. The fourth-order valence-electron chi connectivity index (χ4n) is 2.23. The summed E-state index contributed by atoms with van der Waals surface area (Å²) >= 11 is 0. The van der Waals surface area contributed by atoms with Gasteiger partial charge in [-0.15, -0.1) is 0 Å². The third-order valence-electron chi connectivity index (χ3n) is 3.86. The highest BCUT2D eigenvalue weighted by molar-refractivity contribution is 5.99. The Morgan fingerprint density at radius 2 is 2.26 bits per heavy atom. The summed E-state index contributed by atoms with van der Waals surface area (Å²) in [6.45, 7) is 8.19. The van der Waals surface area contributed by atoms with Crippen LogP contribution in [-0.4, -0.2) is 24.0 Å². The molecule has 0 radical (unpaired) electrons. The smallest absolute Gasteiger partial charge is 0.253 e. The van der Waals surface area contributed by atoms with Gasteiger partial charge >= 0.3 is 0 Å². The molecule has 4 heteroatoms. The summed E-state index contributed by atoms with van der Waals surface area (Å²) in [5, 5.41) is 6.27. The van der Waals surface area contributed by atoms with Gasteiger partial charge in [0.15, 0.2) is 0 Å². The third-order valence-corrected chi connectivity index (χ3v) is 3.86. The standard InChI is InChI=1S/C15H23N3O/c1-4-6-17-13-10-16-7-5-12(13)14(19)18-9-11-8-15(11,2)3/h5,7,10-11,17H,4,6,8-9H2,1-3H3,(H,18,19). The number of carbonyl (C=O) groups excluding carboxylic acids is 1. The first kappa shape index (κ1) is 13.8. The Labute approximate surface area is 115 Å². The maximum absolute atomic E-state index is 12.2. The predicted octanol–water partition coefficient (Wildman–Crippen LogP) is 2.68. The molecule has 0 aromatic carbocycles. The number of amides is 1. The van der Waals surface area contributed by atoms with Gasteiger partial charge in [0.1, 0.15) is 0 Å². The molecule has 104 valence electrons. The predicted molar refractivity (Wildman–Crippen MR) is 77.2 cm³/mol. The molecule has 2 rings (SSSR count). The van der Waals surface area contributed by atoms with Gasteiger partial charge in [-0.1, -0.05) is 20.8 Å². The molecular formula is C15H23N3O. The molecule has 1 amide bonds. The molecule has 0 bridgehead atoms. The van der Waals surface area contributed by atoms with Gasteiger partial charge in [-0.2, -0.15) is 0 Å². The lowest BCUT2D eigenvalue weighted by Crippen LogP contribution is -2.27. The molecule has 2 N–H and O–H groups in total. The van der Waals surface area contributed by atoms with Gasteiger partial charge in [0.2, 0.25) is 0 Å². The molecule has 1 heterocycles. The van der Waals surface area contributed by atoms with E-state index >= 15 is 0 Å². The molecule has 1 fully saturated rings. The molecule has 19 heavy (non-hydrogen) atoms. The van der Waals surface area contributed by atoms with Gasteiger partial charge in [-0.25, -0.2) is 0 Å². The highest BCUT2D eigenvalue weighted by atomic mass is 16.1. The SMILES string of the molecule is CCCNc1cnccc1C(=O)NCC1CC1(C)C. The van der Waals surface area contributed by atoms with E-state index in [0.29, 0.717) is 16.9 Å². The lowest BCUT2D eigenvalue weighted by atomic mass is 10.1. The van der Waals surface area contributed by atoms with Crippen LogP contribution in [0.2, 0.25) is 0 Å². The van der Waals surface area contributed by atoms with Crippen molar-refractivity contribution in [3.63, 3.8) is 0 Å². The van der Waals surface area contributed by atoms with Crippen molar-refractivity contribution in [2.24, 2.45) is 11.3 Å². The van der Waals surface area contributed by atoms with E-state index < -0.39 is 0 Å². The number of carbonyl (C=O) groups is 1. The van der Waals surface area contributed by atoms with Crippen LogP contribution in [0.3, 0.4) is 0 Å². The van der Waals surface area contributed by atoms with Gasteiger partial charge in [-0.3, -0.25) is 9.78 Å². The van der Waals surface area contributed by atoms with Crippen LogP contribution in [0.5, 0.6) is 0 Å². The average Bonchev–Trinajstić information content (AvgIpc) is 3.01. The van der Waals surface area contributed by atoms with Crippen LogP contribution >= 0.6 is 0 Å². The minimum absolute atomic E-state index is 0.0105. The lowest BCUT2D eigenvalue weighted by molar-refractivity contribution is 0.0951. The summed E-state index contributed by atoms with van der Waals surface area (Å²) in [7, 11) is 0. The van der Waals surface area contributed by atoms with Crippen LogP contribution in [0.1, 0.15) is 44.0 Å². The Kier molecular flexibility index (Phi) is 4.08. The maximum Gasteiger partial charge on any atom is 0.253 e. The molecule has 1 aliphatic rings. The van der Waals surface area contributed by atoms with E-state index in [2.05, 4.69) is 36.4 Å². The molecule has 0 spiro atoms. The van der Waals surface area contributed by atoms with Gasteiger partial charge in [0.05, 0.1) is 17.4 Å². The van der Waals surface area contributed by atoms with E-state index in [-0.39, 0.29) is 5.91 Å². The van der Waals surface area contributed by atoms with E-state index in [9.17, 15) is 4.79 Å². The number of hydrogen-bond donors (Lipinski definition) is 2. The maximum atomic E-state index is 12.2. The fourth-order valence-corrected chi connectivity index (χ4v) is 2.23. The topological polar surface area (TPSA) is 54.0 Å². The highest BCUT2D eigenvalue weighted by Gasteiger charge is 2.45. The first-order valence-electron chi connectivity index (χ1n) is 7.00. The minimum atomic E-state index is -0.0105. The van der Waals surface area contributed by atoms with Crippen molar-refractivity contribution in [2.75, 3.05) is 18.4 Å². The van der Waals surface area contributed by atoms with Crippen LogP contribution in [0, 0.1) is 11.3 Å². The second-order valence-corrected chi connectivity index (χ2v) is 5.95. The monoisotopic (exact) mass is 261 g/mol. The van der Waals surface area contributed by atoms with Gasteiger partial charge in [0.25, 0.3) is 5.91 Å². The van der Waals surface area contributed by atoms with Crippen molar-refractivity contribution in [1.82, 2.24) is 10.3 Å². The van der Waals surface area contributed by atoms with E-state index in [1.54, 1.807) is 18.5 Å². The molecule has 1 aromatic rings. The number of nitrogens with zero attached hydrogens (tertiary/aromatic N) is 1. The van der Waals surface area contributed by atoms with E-state index in [1.807, 2.05) is 0 Å². The molecule has 0 aliphatic heterocycles. The first-order valence-corrected chi connectivity index (χ1v) is 7.00. The summed E-state index contributed by atoms with van der Waals surface area (Å²) in [6.07, 6.45) is 5.59.